The second-order valence-corrected chi connectivity index (χ2v) is 14.5. The van der Waals surface area contributed by atoms with Crippen LogP contribution in [-0.4, -0.2) is 93.9 Å². The maximum atomic E-state index is 16.9. The number of benzene rings is 2. The SMILES string of the molecule is [C-]#[N+]Cc1cccc2[nH]cc(-c3ccc4c(N5CC6CCC(C5)N6C(=O)OC(C)(C)C)nc(OC[C@@H]5CCCN5CCCN)nc4c3F)c12. The molecule has 258 valence electrons. The fraction of sp³-hybridized carbons (Fsp3) is 0.514. The van der Waals surface area contributed by atoms with Gasteiger partial charge in [0.25, 0.3) is 0 Å². The first-order valence-corrected chi connectivity index (χ1v) is 17.4. The Labute approximate surface area is 286 Å². The Balaban J connectivity index is 1.27. The van der Waals surface area contributed by atoms with E-state index < -0.39 is 11.4 Å². The van der Waals surface area contributed by atoms with Gasteiger partial charge in [-0.25, -0.2) is 15.8 Å². The van der Waals surface area contributed by atoms with Crippen molar-refractivity contribution in [3.63, 3.8) is 0 Å². The molecule has 0 aliphatic carbocycles. The summed E-state index contributed by atoms with van der Waals surface area (Å²) in [6.07, 6.45) is 6.24. The van der Waals surface area contributed by atoms with Crippen molar-refractivity contribution in [1.29, 1.82) is 0 Å². The van der Waals surface area contributed by atoms with E-state index in [2.05, 4.69) is 19.6 Å². The molecule has 3 fully saturated rings. The minimum Gasteiger partial charge on any atom is -0.462 e. The lowest BCUT2D eigenvalue weighted by Gasteiger charge is -2.42. The molecule has 12 heteroatoms. The molecule has 2 bridgehead atoms. The molecule has 7 rings (SSSR count). The molecule has 0 radical (unpaired) electrons. The maximum Gasteiger partial charge on any atom is 0.410 e. The fourth-order valence-corrected chi connectivity index (χ4v) is 7.86. The summed E-state index contributed by atoms with van der Waals surface area (Å²) in [6.45, 7) is 17.3. The molecule has 3 saturated heterocycles. The monoisotopic (exact) mass is 668 g/mol. The molecule has 2 unspecified atom stereocenters. The first-order chi connectivity index (χ1) is 23.6. The van der Waals surface area contributed by atoms with E-state index in [-0.39, 0.29) is 42.3 Å². The van der Waals surface area contributed by atoms with Crippen LogP contribution in [0.25, 0.3) is 37.8 Å². The molecule has 5 heterocycles. The van der Waals surface area contributed by atoms with Crippen molar-refractivity contribution in [2.75, 3.05) is 44.2 Å². The minimum atomic E-state index is -0.585. The number of ether oxygens (including phenoxy) is 2. The van der Waals surface area contributed by atoms with E-state index in [1.807, 2.05) is 49.9 Å². The van der Waals surface area contributed by atoms with Gasteiger partial charge in [0.2, 0.25) is 6.54 Å². The predicted octanol–water partition coefficient (Wildman–Crippen LogP) is 6.12. The van der Waals surface area contributed by atoms with Crippen LogP contribution < -0.4 is 15.4 Å². The standard InChI is InChI=1S/C37H45FN8O3/c1-37(2,3)49-36(47)46-24-11-12-25(46)21-45(20-24)34-28-14-13-27(29-19-41-30-10-5-8-23(18-40-4)31(29)30)32(38)33(28)42-35(43-34)48-22-26-9-6-16-44(26)17-7-15-39/h5,8,10,13-14,19,24-26,41H,6-7,9,11-12,15-18,20-22,39H2,1-3H3/t24?,25?,26-/m0/s1. The van der Waals surface area contributed by atoms with Gasteiger partial charge in [0, 0.05) is 58.3 Å². The Morgan fingerprint density at radius 2 is 1.92 bits per heavy atom. The van der Waals surface area contributed by atoms with Crippen molar-refractivity contribution in [1.82, 2.24) is 24.8 Å². The molecule has 3 atom stereocenters. The molecule has 3 N–H and O–H groups in total. The summed E-state index contributed by atoms with van der Waals surface area (Å²) in [7, 11) is 0. The number of aromatic amines is 1. The normalized spacial score (nSPS) is 21.1. The van der Waals surface area contributed by atoms with E-state index in [4.69, 9.17) is 31.7 Å². The van der Waals surface area contributed by atoms with Gasteiger partial charge in [-0.2, -0.15) is 9.97 Å². The number of nitrogens with one attached hydrogen (secondary N) is 1. The number of anilines is 1. The van der Waals surface area contributed by atoms with Crippen LogP contribution in [-0.2, 0) is 11.3 Å². The van der Waals surface area contributed by atoms with E-state index in [0.29, 0.717) is 48.6 Å². The van der Waals surface area contributed by atoms with E-state index in [9.17, 15) is 4.79 Å². The zero-order valence-electron chi connectivity index (χ0n) is 28.5. The highest BCUT2D eigenvalue weighted by atomic mass is 19.1. The van der Waals surface area contributed by atoms with Crippen LogP contribution in [0.1, 0.15) is 58.4 Å². The molecular weight excluding hydrogens is 623 g/mol. The second-order valence-electron chi connectivity index (χ2n) is 14.5. The molecule has 0 saturated carbocycles. The lowest BCUT2D eigenvalue weighted by atomic mass is 9.99. The molecule has 3 aliphatic rings. The maximum absolute atomic E-state index is 16.9. The van der Waals surface area contributed by atoms with Gasteiger partial charge in [-0.05, 0) is 84.6 Å². The van der Waals surface area contributed by atoms with Crippen molar-refractivity contribution in [3.05, 3.63) is 59.3 Å². The second kappa shape index (κ2) is 13.4. The summed E-state index contributed by atoms with van der Waals surface area (Å²) in [5.74, 6) is 0.135. The third-order valence-corrected chi connectivity index (χ3v) is 10.0. The fourth-order valence-electron chi connectivity index (χ4n) is 7.86. The van der Waals surface area contributed by atoms with Gasteiger partial charge >= 0.3 is 12.1 Å². The highest BCUT2D eigenvalue weighted by Crippen LogP contribution is 2.40. The van der Waals surface area contributed by atoms with Crippen molar-refractivity contribution < 1.29 is 18.7 Å². The lowest BCUT2D eigenvalue weighted by molar-refractivity contribution is 0.0122. The third kappa shape index (κ3) is 6.49. The number of fused-ring (bicyclic) bond motifs is 4. The highest BCUT2D eigenvalue weighted by molar-refractivity contribution is 6.01. The van der Waals surface area contributed by atoms with Crippen LogP contribution in [0.4, 0.5) is 15.0 Å². The summed E-state index contributed by atoms with van der Waals surface area (Å²) in [5, 5.41) is 1.42. The largest absolute Gasteiger partial charge is 0.462 e. The van der Waals surface area contributed by atoms with Crippen molar-refractivity contribution in [2.24, 2.45) is 5.73 Å². The third-order valence-electron chi connectivity index (χ3n) is 10.0. The first-order valence-electron chi connectivity index (χ1n) is 17.4. The van der Waals surface area contributed by atoms with Crippen LogP contribution in [0, 0.1) is 12.4 Å². The average Bonchev–Trinajstić information content (AvgIpc) is 3.78. The Morgan fingerprint density at radius 3 is 2.65 bits per heavy atom. The first kappa shape index (κ1) is 33.0. The quantitative estimate of drug-likeness (QED) is 0.205. The van der Waals surface area contributed by atoms with Crippen molar-refractivity contribution in [2.45, 2.75) is 83.1 Å². The molecule has 49 heavy (non-hydrogen) atoms. The summed E-state index contributed by atoms with van der Waals surface area (Å²) >= 11 is 0. The van der Waals surface area contributed by atoms with Crippen LogP contribution in [0.15, 0.2) is 36.5 Å². The Bertz CT molecular complexity index is 1880. The zero-order chi connectivity index (χ0) is 34.3. The number of amides is 1. The Morgan fingerprint density at radius 1 is 1.12 bits per heavy atom. The summed E-state index contributed by atoms with van der Waals surface area (Å²) in [6, 6.07) is 9.67. The summed E-state index contributed by atoms with van der Waals surface area (Å²) in [4.78, 5) is 36.1. The van der Waals surface area contributed by atoms with Gasteiger partial charge in [0.05, 0.1) is 12.1 Å². The van der Waals surface area contributed by atoms with E-state index in [0.717, 1.165) is 61.7 Å². The van der Waals surface area contributed by atoms with Crippen LogP contribution in [0.3, 0.4) is 0 Å². The Hall–Kier alpha value is -4.47. The van der Waals surface area contributed by atoms with E-state index in [1.54, 1.807) is 12.3 Å². The highest BCUT2D eigenvalue weighted by Gasteiger charge is 2.45. The minimum absolute atomic E-state index is 0.0474. The number of aromatic nitrogens is 3. The number of carbonyl (C=O) groups excluding carboxylic acids is 1. The number of nitrogens with two attached hydrogens (primary N) is 1. The van der Waals surface area contributed by atoms with Gasteiger partial charge in [0.1, 0.15) is 23.5 Å². The number of rotatable bonds is 9. The molecular formula is C37H45FN8O3. The molecule has 3 aliphatic heterocycles. The number of piperazine rings is 1. The van der Waals surface area contributed by atoms with Gasteiger partial charge in [-0.1, -0.05) is 18.2 Å². The number of likely N-dealkylation sites (tertiary alicyclic amines) is 1. The number of H-pyrrole nitrogens is 1. The summed E-state index contributed by atoms with van der Waals surface area (Å²) < 4.78 is 29.0. The van der Waals surface area contributed by atoms with Crippen LogP contribution in [0.2, 0.25) is 0 Å². The molecule has 11 nitrogen and oxygen atoms in total. The molecule has 1 amide bonds. The van der Waals surface area contributed by atoms with Crippen molar-refractivity contribution >= 4 is 33.7 Å². The van der Waals surface area contributed by atoms with Gasteiger partial charge in [0.15, 0.2) is 5.82 Å². The Kier molecular flexibility index (Phi) is 9.07. The number of nitrogens with zero attached hydrogens (tertiary/aromatic N) is 6. The van der Waals surface area contributed by atoms with E-state index in [1.165, 1.54) is 0 Å². The van der Waals surface area contributed by atoms with Crippen LogP contribution >= 0.6 is 0 Å². The average molecular weight is 669 g/mol. The van der Waals surface area contributed by atoms with Crippen molar-refractivity contribution in [3.8, 4) is 17.1 Å². The predicted molar refractivity (Wildman–Crippen MR) is 188 cm³/mol. The zero-order valence-corrected chi connectivity index (χ0v) is 28.5. The molecule has 2 aromatic heterocycles. The number of hydrogen-bond donors (Lipinski definition) is 2. The number of halogens is 1. The van der Waals surface area contributed by atoms with Gasteiger partial charge < -0.3 is 29.9 Å². The summed E-state index contributed by atoms with van der Waals surface area (Å²) in [5.41, 5.74) is 8.14. The van der Waals surface area contributed by atoms with Gasteiger partial charge in [-0.3, -0.25) is 9.80 Å². The number of hydrogen-bond acceptors (Lipinski definition) is 8. The number of carbonyl (C=O) groups is 1. The van der Waals surface area contributed by atoms with E-state index >= 15 is 4.39 Å². The smallest absolute Gasteiger partial charge is 0.410 e. The molecule has 2 aromatic carbocycles. The van der Waals surface area contributed by atoms with Crippen LogP contribution in [0.5, 0.6) is 6.01 Å². The molecule has 4 aromatic rings. The van der Waals surface area contributed by atoms with Gasteiger partial charge in [-0.15, -0.1) is 0 Å². The molecule has 0 spiro atoms. The lowest BCUT2D eigenvalue weighted by Crippen LogP contribution is -2.57. The topological polar surface area (TPSA) is 117 Å².